The number of piperazine rings is 1. The average molecular weight is 603 g/mol. The minimum Gasteiger partial charge on any atom is -0.350 e. The highest BCUT2D eigenvalue weighted by Crippen LogP contribution is 2.28. The molecule has 3 N–H and O–H groups in total. The van der Waals surface area contributed by atoms with E-state index in [2.05, 4.69) is 44.4 Å². The van der Waals surface area contributed by atoms with Crippen molar-refractivity contribution < 1.29 is 14.4 Å². The highest BCUT2D eigenvalue weighted by Gasteiger charge is 2.31. The number of likely N-dealkylation sites (N-methyl/N-ethyl adjacent to an activating group) is 1. The first kappa shape index (κ1) is 31.4. The number of hydrogen-bond acceptors (Lipinski definition) is 7. The zero-order valence-corrected chi connectivity index (χ0v) is 25.8. The number of carbonyl (C=O) groups is 3. The van der Waals surface area contributed by atoms with Gasteiger partial charge in [-0.1, -0.05) is 37.9 Å². The summed E-state index contributed by atoms with van der Waals surface area (Å²) in [5.74, 6) is -0.333. The van der Waals surface area contributed by atoms with Crippen LogP contribution < -0.4 is 16.0 Å². The van der Waals surface area contributed by atoms with Crippen molar-refractivity contribution >= 4 is 50.9 Å². The highest BCUT2D eigenvalue weighted by atomic mass is 35.5. The number of rotatable bonds is 13. The normalized spacial score (nSPS) is 18.2. The summed E-state index contributed by atoms with van der Waals surface area (Å²) in [6, 6.07) is 4.51. The van der Waals surface area contributed by atoms with E-state index in [1.165, 1.54) is 11.3 Å². The van der Waals surface area contributed by atoms with E-state index in [0.29, 0.717) is 36.5 Å². The monoisotopic (exact) mass is 602 g/mol. The predicted octanol–water partition coefficient (Wildman–Crippen LogP) is 3.37. The van der Waals surface area contributed by atoms with Crippen LogP contribution in [0.4, 0.5) is 0 Å². The second kappa shape index (κ2) is 15.1. The largest absolute Gasteiger partial charge is 0.350 e. The van der Waals surface area contributed by atoms with E-state index in [4.69, 9.17) is 11.6 Å². The van der Waals surface area contributed by atoms with Crippen molar-refractivity contribution in [2.24, 2.45) is 5.92 Å². The summed E-state index contributed by atoms with van der Waals surface area (Å²) in [5, 5.41) is 10.5. The van der Waals surface area contributed by atoms with Gasteiger partial charge in [0.2, 0.25) is 17.7 Å². The van der Waals surface area contributed by atoms with Gasteiger partial charge in [-0.05, 0) is 50.4 Å². The Kier molecular flexibility index (Phi) is 11.6. The van der Waals surface area contributed by atoms with E-state index in [0.717, 1.165) is 67.1 Å². The summed E-state index contributed by atoms with van der Waals surface area (Å²) in [6.07, 6.45) is 5.51. The number of halogens is 1. The molecule has 1 aromatic heterocycles. The number of benzene rings is 1. The number of amides is 3. The molecule has 2 atom stereocenters. The van der Waals surface area contributed by atoms with Gasteiger partial charge in [0, 0.05) is 68.7 Å². The van der Waals surface area contributed by atoms with Crippen LogP contribution in [0.15, 0.2) is 30.4 Å². The van der Waals surface area contributed by atoms with Gasteiger partial charge in [-0.15, -0.1) is 11.3 Å². The summed E-state index contributed by atoms with van der Waals surface area (Å²) in [4.78, 5) is 48.4. The van der Waals surface area contributed by atoms with Crippen molar-refractivity contribution in [2.45, 2.75) is 64.0 Å². The Balaban J connectivity index is 1.40. The minimum atomic E-state index is -0.767. The SMILES string of the molecule is C=C(CN1CCN(C)CC1)C(=O)NC[C@@H](NC(=O)[C@H](Cc1nc2ccc(Cl)cc2s1)NC(=O)CCC)C1CCCC1. The minimum absolute atomic E-state index is 0.164. The van der Waals surface area contributed by atoms with Gasteiger partial charge >= 0.3 is 0 Å². The standard InChI is InChI=1S/C30H43ClN6O3S/c1-4-7-27(38)33-24(17-28-34-23-11-10-22(31)16-26(23)41-28)30(40)35-25(21-8-5-6-9-21)18-32-29(39)20(2)19-37-14-12-36(3)13-15-37/h10-11,16,21,24-25H,2,4-9,12-15,17-19H2,1,3H3,(H,32,39)(H,33,38)(H,35,40)/t24-,25+/m0/s1. The molecule has 9 nitrogen and oxygen atoms in total. The molecule has 1 saturated heterocycles. The van der Waals surface area contributed by atoms with Crippen molar-refractivity contribution in [1.82, 2.24) is 30.7 Å². The molecule has 3 amide bonds. The van der Waals surface area contributed by atoms with E-state index in [9.17, 15) is 14.4 Å². The lowest BCUT2D eigenvalue weighted by molar-refractivity contribution is -0.129. The molecule has 1 aromatic carbocycles. The van der Waals surface area contributed by atoms with Crippen LogP contribution in [0.1, 0.15) is 50.5 Å². The van der Waals surface area contributed by atoms with Gasteiger partial charge in [0.15, 0.2) is 0 Å². The molecule has 1 aliphatic heterocycles. The van der Waals surface area contributed by atoms with Crippen molar-refractivity contribution in [1.29, 1.82) is 0 Å². The number of thiazole rings is 1. The lowest BCUT2D eigenvalue weighted by atomic mass is 9.97. The van der Waals surface area contributed by atoms with E-state index in [1.54, 1.807) is 6.07 Å². The smallest absolute Gasteiger partial charge is 0.247 e. The van der Waals surface area contributed by atoms with Crippen LogP contribution in [0.3, 0.4) is 0 Å². The fourth-order valence-corrected chi connectivity index (χ4v) is 6.85. The number of nitrogens with one attached hydrogen (secondary N) is 3. The first-order chi connectivity index (χ1) is 19.7. The van der Waals surface area contributed by atoms with Crippen LogP contribution >= 0.6 is 22.9 Å². The van der Waals surface area contributed by atoms with Gasteiger partial charge in [-0.2, -0.15) is 0 Å². The quantitative estimate of drug-likeness (QED) is 0.304. The molecule has 2 heterocycles. The number of nitrogens with zero attached hydrogens (tertiary/aromatic N) is 3. The summed E-state index contributed by atoms with van der Waals surface area (Å²) in [7, 11) is 2.10. The van der Waals surface area contributed by atoms with Gasteiger partial charge in [0.1, 0.15) is 6.04 Å². The van der Waals surface area contributed by atoms with Crippen LogP contribution in [-0.2, 0) is 20.8 Å². The summed E-state index contributed by atoms with van der Waals surface area (Å²) in [6.45, 7) is 10.6. The molecule has 2 fully saturated rings. The molecule has 4 rings (SSSR count). The zero-order valence-electron chi connectivity index (χ0n) is 24.2. The van der Waals surface area contributed by atoms with E-state index < -0.39 is 6.04 Å². The Labute approximate surface area is 252 Å². The van der Waals surface area contributed by atoms with Gasteiger partial charge in [-0.25, -0.2) is 4.98 Å². The number of hydrogen-bond donors (Lipinski definition) is 3. The lowest BCUT2D eigenvalue weighted by Crippen LogP contribution is -2.55. The Bertz CT molecular complexity index is 1220. The van der Waals surface area contributed by atoms with E-state index >= 15 is 0 Å². The first-order valence-corrected chi connectivity index (χ1v) is 15.9. The fraction of sp³-hybridized carbons (Fsp3) is 0.600. The topological polar surface area (TPSA) is 107 Å². The third kappa shape index (κ3) is 9.23. The molecule has 0 bridgehead atoms. The molecular weight excluding hydrogens is 560 g/mol. The molecule has 0 unspecified atom stereocenters. The second-order valence-electron chi connectivity index (χ2n) is 11.3. The van der Waals surface area contributed by atoms with Crippen molar-refractivity contribution in [3.05, 3.63) is 40.4 Å². The zero-order chi connectivity index (χ0) is 29.4. The molecule has 1 aliphatic carbocycles. The molecule has 1 saturated carbocycles. The molecule has 2 aliphatic rings. The van der Waals surface area contributed by atoms with E-state index in [1.807, 2.05) is 19.1 Å². The van der Waals surface area contributed by atoms with Crippen LogP contribution in [-0.4, -0.2) is 90.9 Å². The van der Waals surface area contributed by atoms with Gasteiger partial charge in [0.05, 0.1) is 15.2 Å². The van der Waals surface area contributed by atoms with Crippen molar-refractivity contribution in [2.75, 3.05) is 46.3 Å². The van der Waals surface area contributed by atoms with Gasteiger partial charge in [-0.3, -0.25) is 19.3 Å². The lowest BCUT2D eigenvalue weighted by Gasteiger charge is -2.32. The maximum Gasteiger partial charge on any atom is 0.247 e. The first-order valence-electron chi connectivity index (χ1n) is 14.7. The molecule has 0 radical (unpaired) electrons. The Morgan fingerprint density at radius 3 is 2.59 bits per heavy atom. The molecule has 11 heteroatoms. The molecule has 2 aromatic rings. The summed E-state index contributed by atoms with van der Waals surface area (Å²) in [5.41, 5.74) is 1.35. The summed E-state index contributed by atoms with van der Waals surface area (Å²) >= 11 is 7.62. The molecular formula is C30H43ClN6O3S. The highest BCUT2D eigenvalue weighted by molar-refractivity contribution is 7.18. The molecule has 41 heavy (non-hydrogen) atoms. The van der Waals surface area contributed by atoms with Crippen LogP contribution in [0, 0.1) is 5.92 Å². The average Bonchev–Trinajstić information content (AvgIpc) is 3.61. The number of fused-ring (bicyclic) bond motifs is 1. The van der Waals surface area contributed by atoms with Crippen molar-refractivity contribution in [3.63, 3.8) is 0 Å². The molecule has 0 spiro atoms. The second-order valence-corrected chi connectivity index (χ2v) is 12.9. The Hall–Kier alpha value is -2.53. The van der Waals surface area contributed by atoms with Crippen LogP contribution in [0.2, 0.25) is 5.02 Å². The number of aromatic nitrogens is 1. The Morgan fingerprint density at radius 2 is 1.88 bits per heavy atom. The van der Waals surface area contributed by atoms with Gasteiger partial charge in [0.25, 0.3) is 0 Å². The maximum absolute atomic E-state index is 13.7. The predicted molar refractivity (Wildman–Crippen MR) is 165 cm³/mol. The third-order valence-corrected chi connectivity index (χ3v) is 9.29. The molecule has 224 valence electrons. The number of carbonyl (C=O) groups excluding carboxylic acids is 3. The van der Waals surface area contributed by atoms with E-state index in [-0.39, 0.29) is 36.1 Å². The third-order valence-electron chi connectivity index (χ3n) is 8.01. The van der Waals surface area contributed by atoms with Crippen LogP contribution in [0.5, 0.6) is 0 Å². The van der Waals surface area contributed by atoms with Crippen molar-refractivity contribution in [3.8, 4) is 0 Å². The maximum atomic E-state index is 13.7. The van der Waals surface area contributed by atoms with Gasteiger partial charge < -0.3 is 20.9 Å². The van der Waals surface area contributed by atoms with Crippen LogP contribution in [0.25, 0.3) is 10.2 Å². The fourth-order valence-electron chi connectivity index (χ4n) is 5.56. The summed E-state index contributed by atoms with van der Waals surface area (Å²) < 4.78 is 0.940. The Morgan fingerprint density at radius 1 is 1.15 bits per heavy atom.